The molecule has 1 aliphatic heterocycles. The van der Waals surface area contributed by atoms with E-state index in [1.807, 2.05) is 31.2 Å². The van der Waals surface area contributed by atoms with Gasteiger partial charge in [0.2, 0.25) is 0 Å². The Morgan fingerprint density at radius 1 is 1.00 bits per heavy atom. The zero-order valence-corrected chi connectivity index (χ0v) is 22.2. The molecular formula is C30H37N5O2. The van der Waals surface area contributed by atoms with E-state index in [9.17, 15) is 4.79 Å². The number of amides is 1. The maximum Gasteiger partial charge on any atom is 0.251 e. The molecule has 0 radical (unpaired) electrons. The van der Waals surface area contributed by atoms with Crippen molar-refractivity contribution in [3.63, 3.8) is 0 Å². The Labute approximate surface area is 218 Å². The van der Waals surface area contributed by atoms with E-state index in [0.29, 0.717) is 31.7 Å². The normalized spacial score (nSPS) is 11.9. The highest BCUT2D eigenvalue weighted by Crippen LogP contribution is 2.41. The van der Waals surface area contributed by atoms with Crippen molar-refractivity contribution < 1.29 is 9.21 Å². The molecule has 0 atom stereocenters. The predicted molar refractivity (Wildman–Crippen MR) is 152 cm³/mol. The summed E-state index contributed by atoms with van der Waals surface area (Å²) < 4.78 is 6.46. The van der Waals surface area contributed by atoms with Gasteiger partial charge in [0.15, 0.2) is 0 Å². The van der Waals surface area contributed by atoms with E-state index < -0.39 is 0 Å². The van der Waals surface area contributed by atoms with Gasteiger partial charge in [-0.15, -0.1) is 0 Å². The van der Waals surface area contributed by atoms with E-state index in [-0.39, 0.29) is 5.91 Å². The first-order chi connectivity index (χ1) is 18.0. The van der Waals surface area contributed by atoms with Crippen LogP contribution in [0.3, 0.4) is 0 Å². The smallest absolute Gasteiger partial charge is 0.251 e. The summed E-state index contributed by atoms with van der Waals surface area (Å²) in [6, 6.07) is 16.2. The van der Waals surface area contributed by atoms with Crippen molar-refractivity contribution in [3.05, 3.63) is 70.6 Å². The molecule has 0 fully saturated rings. The van der Waals surface area contributed by atoms with Gasteiger partial charge in [-0.1, -0.05) is 12.1 Å². The van der Waals surface area contributed by atoms with Crippen LogP contribution in [-0.4, -0.2) is 45.2 Å². The minimum absolute atomic E-state index is 0.101. The molecule has 2 aliphatic rings. The van der Waals surface area contributed by atoms with Crippen molar-refractivity contribution in [2.24, 2.45) is 10.7 Å². The summed E-state index contributed by atoms with van der Waals surface area (Å²) in [6.45, 7) is 12.3. The molecule has 2 aromatic carbocycles. The van der Waals surface area contributed by atoms with Crippen molar-refractivity contribution >= 4 is 22.6 Å². The fourth-order valence-electron chi connectivity index (χ4n) is 4.63. The molecule has 1 amide bonds. The van der Waals surface area contributed by atoms with E-state index in [1.54, 1.807) is 0 Å². The lowest BCUT2D eigenvalue weighted by Gasteiger charge is -2.19. The van der Waals surface area contributed by atoms with Gasteiger partial charge >= 0.3 is 0 Å². The number of nitrogens with zero attached hydrogens (tertiary/aromatic N) is 1. The average Bonchev–Trinajstić information content (AvgIpc) is 2.89. The zero-order valence-electron chi connectivity index (χ0n) is 22.2. The minimum Gasteiger partial charge on any atom is -0.456 e. The maximum absolute atomic E-state index is 12.9. The summed E-state index contributed by atoms with van der Waals surface area (Å²) in [7, 11) is 0. The minimum atomic E-state index is -0.101. The first kappa shape index (κ1) is 26.4. The van der Waals surface area contributed by atoms with E-state index in [4.69, 9.17) is 10.2 Å². The summed E-state index contributed by atoms with van der Waals surface area (Å²) in [4.78, 5) is 17.6. The van der Waals surface area contributed by atoms with Crippen molar-refractivity contribution in [1.82, 2.24) is 10.6 Å². The van der Waals surface area contributed by atoms with Crippen molar-refractivity contribution in [2.45, 2.75) is 27.7 Å². The largest absolute Gasteiger partial charge is 0.456 e. The third-order valence-electron chi connectivity index (χ3n) is 6.40. The molecule has 2 aromatic rings. The zero-order chi connectivity index (χ0) is 26.4. The first-order valence-corrected chi connectivity index (χ1v) is 13.0. The van der Waals surface area contributed by atoms with E-state index >= 15 is 0 Å². The topological polar surface area (TPSA) is 105 Å². The van der Waals surface area contributed by atoms with Gasteiger partial charge in [0.1, 0.15) is 11.3 Å². The number of fused-ring (bicyclic) bond motifs is 2. The number of carbonyl (C=O) groups is 1. The van der Waals surface area contributed by atoms with E-state index in [1.165, 1.54) is 0 Å². The van der Waals surface area contributed by atoms with Crippen LogP contribution in [0.5, 0.6) is 0 Å². The van der Waals surface area contributed by atoms with Crippen LogP contribution >= 0.6 is 0 Å². The molecule has 0 saturated heterocycles. The summed E-state index contributed by atoms with van der Waals surface area (Å²) in [6.07, 6.45) is 0. The van der Waals surface area contributed by atoms with Gasteiger partial charge in [-0.05, 0) is 68.7 Å². The second-order valence-corrected chi connectivity index (χ2v) is 9.16. The number of nitrogens with one attached hydrogen (secondary N) is 3. The Balaban J connectivity index is 1.87. The standard InChI is InChI=1S/C30H37N5O2/c1-5-33-25-17-27-23(14-19(25)3)29(24-15-20(4)26(34-6-2)18-28(24)37-27)21-8-7-9-22(16-21)30(36)35-13-12-32-11-10-31/h7-9,14-18,32-33H,5-6,10-13,31H2,1-4H3,(H,35,36). The summed E-state index contributed by atoms with van der Waals surface area (Å²) >= 11 is 0. The molecule has 37 heavy (non-hydrogen) atoms. The van der Waals surface area contributed by atoms with E-state index in [2.05, 4.69) is 66.0 Å². The number of anilines is 1. The van der Waals surface area contributed by atoms with Gasteiger partial charge < -0.3 is 26.1 Å². The molecule has 7 heteroatoms. The molecule has 0 aromatic heterocycles. The molecule has 0 unspecified atom stereocenters. The Morgan fingerprint density at radius 2 is 1.84 bits per heavy atom. The van der Waals surface area contributed by atoms with Gasteiger partial charge in [0.05, 0.1) is 5.36 Å². The summed E-state index contributed by atoms with van der Waals surface area (Å²) in [5.41, 5.74) is 13.2. The number of carbonyl (C=O) groups excluding carboxylic acids is 1. The van der Waals surface area contributed by atoms with E-state index in [0.717, 1.165) is 68.7 Å². The Hall–Kier alpha value is -3.68. The Bertz CT molecular complexity index is 1440. The Morgan fingerprint density at radius 3 is 2.59 bits per heavy atom. The highest BCUT2D eigenvalue weighted by atomic mass is 16.3. The van der Waals surface area contributed by atoms with Gasteiger partial charge in [-0.3, -0.25) is 9.79 Å². The number of hydrogen-bond donors (Lipinski definition) is 4. The third kappa shape index (κ3) is 5.84. The first-order valence-electron chi connectivity index (χ1n) is 13.0. The quantitative estimate of drug-likeness (QED) is 0.191. The van der Waals surface area contributed by atoms with Crippen LogP contribution in [0.25, 0.3) is 33.4 Å². The maximum atomic E-state index is 12.9. The van der Waals surface area contributed by atoms with Gasteiger partial charge in [-0.25, -0.2) is 0 Å². The highest BCUT2D eigenvalue weighted by molar-refractivity contribution is 6.04. The molecule has 5 N–H and O–H groups in total. The lowest BCUT2D eigenvalue weighted by molar-refractivity contribution is 0.0954. The average molecular weight is 500 g/mol. The third-order valence-corrected chi connectivity index (χ3v) is 6.40. The van der Waals surface area contributed by atoms with Crippen molar-refractivity contribution in [1.29, 1.82) is 0 Å². The van der Waals surface area contributed by atoms with Crippen LogP contribution in [0.2, 0.25) is 0 Å². The number of hydrogen-bond acceptors (Lipinski definition) is 6. The molecule has 0 spiro atoms. The van der Waals surface area contributed by atoms with Crippen LogP contribution in [0, 0.1) is 13.8 Å². The monoisotopic (exact) mass is 499 g/mol. The highest BCUT2D eigenvalue weighted by Gasteiger charge is 2.20. The summed E-state index contributed by atoms with van der Waals surface area (Å²) in [5, 5.41) is 11.6. The molecule has 0 bridgehead atoms. The van der Waals surface area contributed by atoms with Gasteiger partial charge in [0.25, 0.3) is 5.91 Å². The second-order valence-electron chi connectivity index (χ2n) is 9.16. The van der Waals surface area contributed by atoms with Crippen molar-refractivity contribution in [3.8, 4) is 22.5 Å². The van der Waals surface area contributed by atoms with Crippen LogP contribution in [0.15, 0.2) is 57.9 Å². The Kier molecular flexibility index (Phi) is 8.58. The van der Waals surface area contributed by atoms with Crippen LogP contribution < -0.4 is 27.0 Å². The lowest BCUT2D eigenvalue weighted by Crippen LogP contribution is -2.33. The number of nitrogens with two attached hydrogens (primary N) is 1. The molecule has 1 heterocycles. The lowest BCUT2D eigenvalue weighted by atomic mass is 9.91. The molecule has 4 rings (SSSR count). The van der Waals surface area contributed by atoms with Crippen molar-refractivity contribution in [2.75, 3.05) is 44.6 Å². The SMILES string of the molecule is CCN=c1cc2oc3cc(NCC)c(C)cc3c(-c3cccc(C(=O)NCCNCCN)c3)c-2cc1C. The molecule has 194 valence electrons. The number of aryl methyl sites for hydroxylation is 2. The number of benzene rings is 3. The molecule has 7 nitrogen and oxygen atoms in total. The predicted octanol–water partition coefficient (Wildman–Crippen LogP) is 4.45. The molecule has 0 saturated carbocycles. The second kappa shape index (κ2) is 12.0. The fraction of sp³-hybridized carbons (Fsp3) is 0.333. The van der Waals surface area contributed by atoms with Gasteiger partial charge in [0, 0.05) is 79.2 Å². The molecule has 1 aliphatic carbocycles. The van der Waals surface area contributed by atoms with Crippen LogP contribution in [-0.2, 0) is 0 Å². The van der Waals surface area contributed by atoms with Gasteiger partial charge in [-0.2, -0.15) is 0 Å². The number of rotatable bonds is 10. The fourth-order valence-corrected chi connectivity index (χ4v) is 4.63. The van der Waals surface area contributed by atoms with Crippen LogP contribution in [0.4, 0.5) is 5.69 Å². The van der Waals surface area contributed by atoms with Crippen LogP contribution in [0.1, 0.15) is 35.3 Å². The summed E-state index contributed by atoms with van der Waals surface area (Å²) in [5.74, 6) is 0.670. The molecular weight excluding hydrogens is 462 g/mol.